The highest BCUT2D eigenvalue weighted by atomic mass is 32.1. The van der Waals surface area contributed by atoms with Gasteiger partial charge in [-0.2, -0.15) is 0 Å². The number of aryl methyl sites for hydroxylation is 1. The van der Waals surface area contributed by atoms with E-state index in [2.05, 4.69) is 16.9 Å². The van der Waals surface area contributed by atoms with Gasteiger partial charge in [0.2, 0.25) is 5.91 Å². The van der Waals surface area contributed by atoms with E-state index in [0.29, 0.717) is 18.8 Å². The van der Waals surface area contributed by atoms with Gasteiger partial charge in [0, 0.05) is 44.6 Å². The summed E-state index contributed by atoms with van der Waals surface area (Å²) < 4.78 is 5.99. The van der Waals surface area contributed by atoms with Crippen molar-refractivity contribution < 1.29 is 14.3 Å². The monoisotopic (exact) mass is 364 g/mol. The lowest BCUT2D eigenvalue weighted by Gasteiger charge is -2.35. The number of aromatic nitrogens is 1. The smallest absolute Gasteiger partial charge is 0.273 e. The molecule has 0 spiro atoms. The third kappa shape index (κ3) is 3.30. The number of hydrogen-bond donors (Lipinski definition) is 0. The first-order valence-corrected chi connectivity index (χ1v) is 9.73. The van der Waals surface area contributed by atoms with Crippen LogP contribution in [0.2, 0.25) is 0 Å². The van der Waals surface area contributed by atoms with Gasteiger partial charge in [0.25, 0.3) is 5.91 Å². The van der Waals surface area contributed by atoms with Gasteiger partial charge in [-0.05, 0) is 20.4 Å². The second-order valence-corrected chi connectivity index (χ2v) is 8.29. The van der Waals surface area contributed by atoms with Gasteiger partial charge in [-0.25, -0.2) is 4.98 Å². The average molecular weight is 364 g/mol. The van der Waals surface area contributed by atoms with Gasteiger partial charge in [0.15, 0.2) is 0 Å². The van der Waals surface area contributed by atoms with Crippen LogP contribution in [0.5, 0.6) is 0 Å². The molecule has 25 heavy (non-hydrogen) atoms. The number of morpholine rings is 1. The van der Waals surface area contributed by atoms with Gasteiger partial charge in [0.05, 0.1) is 23.1 Å². The fraction of sp³-hybridized carbons (Fsp3) is 0.706. The predicted molar refractivity (Wildman–Crippen MR) is 93.6 cm³/mol. The first-order valence-electron chi connectivity index (χ1n) is 8.85. The molecule has 2 amide bonds. The molecule has 3 saturated heterocycles. The quantitative estimate of drug-likeness (QED) is 0.763. The van der Waals surface area contributed by atoms with Crippen molar-refractivity contribution in [2.24, 2.45) is 5.92 Å². The van der Waals surface area contributed by atoms with E-state index in [1.807, 2.05) is 22.1 Å². The second kappa shape index (κ2) is 6.66. The third-order valence-corrected chi connectivity index (χ3v) is 6.19. The summed E-state index contributed by atoms with van der Waals surface area (Å²) in [5, 5.41) is 2.70. The largest absolute Gasteiger partial charge is 0.370 e. The topological polar surface area (TPSA) is 66.0 Å². The van der Waals surface area contributed by atoms with Crippen molar-refractivity contribution in [3.63, 3.8) is 0 Å². The van der Waals surface area contributed by atoms with Crippen LogP contribution in [0.1, 0.15) is 21.9 Å². The van der Waals surface area contributed by atoms with Crippen molar-refractivity contribution >= 4 is 23.2 Å². The fourth-order valence-corrected chi connectivity index (χ4v) is 4.56. The molecule has 136 valence electrons. The van der Waals surface area contributed by atoms with Crippen LogP contribution >= 0.6 is 11.3 Å². The maximum atomic E-state index is 12.9. The van der Waals surface area contributed by atoms with Crippen LogP contribution in [-0.2, 0) is 9.53 Å². The molecule has 0 aromatic carbocycles. The Morgan fingerprint density at radius 1 is 1.20 bits per heavy atom. The van der Waals surface area contributed by atoms with E-state index in [9.17, 15) is 9.59 Å². The summed E-state index contributed by atoms with van der Waals surface area (Å²) in [6.45, 7) is 6.33. The maximum absolute atomic E-state index is 12.9. The van der Waals surface area contributed by atoms with Gasteiger partial charge in [-0.15, -0.1) is 11.3 Å². The lowest BCUT2D eigenvalue weighted by molar-refractivity contribution is -0.139. The van der Waals surface area contributed by atoms with Crippen molar-refractivity contribution in [2.45, 2.75) is 25.6 Å². The first-order chi connectivity index (χ1) is 12.0. The van der Waals surface area contributed by atoms with E-state index in [1.165, 1.54) is 11.3 Å². The SMILES string of the molecule is Cc1nc(C(=O)N2CC3CC(C(=O)N4CCN(C)CC4)C(C2)O3)cs1. The zero-order valence-corrected chi connectivity index (χ0v) is 15.5. The molecule has 0 N–H and O–H groups in total. The van der Waals surface area contributed by atoms with Crippen molar-refractivity contribution in [3.05, 3.63) is 16.1 Å². The molecule has 3 aliphatic rings. The zero-order chi connectivity index (χ0) is 17.6. The molecule has 0 radical (unpaired) electrons. The summed E-state index contributed by atoms with van der Waals surface area (Å²) in [5.74, 6) is 0.0260. The lowest BCUT2D eigenvalue weighted by Crippen LogP contribution is -2.51. The van der Waals surface area contributed by atoms with Crippen LogP contribution in [0.4, 0.5) is 0 Å². The highest BCUT2D eigenvalue weighted by Crippen LogP contribution is 2.34. The van der Waals surface area contributed by atoms with Gasteiger partial charge in [0.1, 0.15) is 5.69 Å². The van der Waals surface area contributed by atoms with E-state index in [-0.39, 0.29) is 29.9 Å². The molecule has 3 aliphatic heterocycles. The van der Waals surface area contributed by atoms with Crippen LogP contribution in [0.15, 0.2) is 5.38 Å². The minimum absolute atomic E-state index is 0.0381. The third-order valence-electron chi connectivity index (χ3n) is 5.41. The Morgan fingerprint density at radius 3 is 2.64 bits per heavy atom. The first kappa shape index (κ1) is 16.9. The number of fused-ring (bicyclic) bond motifs is 2. The van der Waals surface area contributed by atoms with Crippen LogP contribution in [-0.4, -0.2) is 90.0 Å². The van der Waals surface area contributed by atoms with Crippen molar-refractivity contribution in [3.8, 4) is 0 Å². The average Bonchev–Trinajstić information content (AvgIpc) is 3.17. The van der Waals surface area contributed by atoms with Crippen LogP contribution in [0.3, 0.4) is 0 Å². The lowest BCUT2D eigenvalue weighted by atomic mass is 9.98. The number of likely N-dealkylation sites (tertiary alicyclic amines) is 1. The number of hydrogen-bond acceptors (Lipinski definition) is 6. The normalized spacial score (nSPS) is 29.9. The number of ether oxygens (including phenoxy) is 1. The van der Waals surface area contributed by atoms with Crippen LogP contribution < -0.4 is 0 Å². The standard InChI is InChI=1S/C17H24N4O3S/c1-11-18-14(10-25-11)17(23)21-8-12-7-13(15(9-21)24-12)16(22)20-5-3-19(2)4-6-20/h10,12-13,15H,3-9H2,1-2H3. The molecular formula is C17H24N4O3S. The Balaban J connectivity index is 1.42. The summed E-state index contributed by atoms with van der Waals surface area (Å²) in [5.41, 5.74) is 0.505. The Hall–Kier alpha value is -1.51. The predicted octanol–water partition coefficient (Wildman–Crippen LogP) is 0.455. The molecular weight excluding hydrogens is 340 g/mol. The van der Waals surface area contributed by atoms with Crippen LogP contribution in [0.25, 0.3) is 0 Å². The van der Waals surface area contributed by atoms with Crippen molar-refractivity contribution in [1.29, 1.82) is 0 Å². The van der Waals surface area contributed by atoms with E-state index < -0.39 is 0 Å². The number of amides is 2. The number of rotatable bonds is 2. The molecule has 3 unspecified atom stereocenters. The molecule has 1 aromatic rings. The summed E-state index contributed by atoms with van der Waals surface area (Å²) >= 11 is 1.48. The molecule has 0 aliphatic carbocycles. The molecule has 0 saturated carbocycles. The van der Waals surface area contributed by atoms with E-state index >= 15 is 0 Å². The zero-order valence-electron chi connectivity index (χ0n) is 14.7. The highest BCUT2D eigenvalue weighted by molar-refractivity contribution is 7.09. The van der Waals surface area contributed by atoms with Gasteiger partial charge in [-0.1, -0.05) is 0 Å². The Labute approximate surface area is 151 Å². The molecule has 8 heteroatoms. The Morgan fingerprint density at radius 2 is 1.96 bits per heavy atom. The number of nitrogens with zero attached hydrogens (tertiary/aromatic N) is 4. The molecule has 3 atom stereocenters. The van der Waals surface area contributed by atoms with Crippen molar-refractivity contribution in [1.82, 2.24) is 19.7 Å². The Kier molecular flexibility index (Phi) is 4.51. The fourth-order valence-electron chi connectivity index (χ4n) is 3.97. The van der Waals surface area contributed by atoms with Crippen LogP contribution in [0, 0.1) is 12.8 Å². The Bertz CT molecular complexity index is 671. The van der Waals surface area contributed by atoms with E-state index in [4.69, 9.17) is 4.74 Å². The summed E-state index contributed by atoms with van der Waals surface area (Å²) in [6.07, 6.45) is 0.494. The molecule has 2 bridgehead atoms. The van der Waals surface area contributed by atoms with Gasteiger partial charge in [-0.3, -0.25) is 9.59 Å². The summed E-state index contributed by atoms with van der Waals surface area (Å²) in [4.78, 5) is 35.9. The van der Waals surface area contributed by atoms with Gasteiger partial charge < -0.3 is 19.4 Å². The number of piperazine rings is 1. The summed E-state index contributed by atoms with van der Waals surface area (Å²) in [6, 6.07) is 0. The number of thiazole rings is 1. The van der Waals surface area contributed by atoms with E-state index in [1.54, 1.807) is 0 Å². The molecule has 3 fully saturated rings. The number of likely N-dealkylation sites (N-methyl/N-ethyl adjacent to an activating group) is 1. The number of carbonyl (C=O) groups excluding carboxylic acids is 2. The molecule has 1 aromatic heterocycles. The minimum atomic E-state index is -0.186. The molecule has 4 heterocycles. The number of carbonyl (C=O) groups is 2. The molecule has 7 nitrogen and oxygen atoms in total. The second-order valence-electron chi connectivity index (χ2n) is 7.23. The van der Waals surface area contributed by atoms with Crippen molar-refractivity contribution in [2.75, 3.05) is 46.3 Å². The molecule has 4 rings (SSSR count). The minimum Gasteiger partial charge on any atom is -0.370 e. The van der Waals surface area contributed by atoms with Gasteiger partial charge >= 0.3 is 0 Å². The summed E-state index contributed by atoms with van der Waals surface area (Å²) in [7, 11) is 2.08. The maximum Gasteiger partial charge on any atom is 0.273 e. The highest BCUT2D eigenvalue weighted by Gasteiger charge is 2.47. The van der Waals surface area contributed by atoms with E-state index in [0.717, 1.165) is 37.6 Å².